The van der Waals surface area contributed by atoms with E-state index in [4.69, 9.17) is 14.9 Å². The van der Waals surface area contributed by atoms with Gasteiger partial charge in [0.05, 0.1) is 19.3 Å². The number of nitrogens with zero attached hydrogens (tertiary/aromatic N) is 1. The fourth-order valence-electron chi connectivity index (χ4n) is 2.27. The second-order valence-corrected chi connectivity index (χ2v) is 5.97. The Morgan fingerprint density at radius 2 is 2.21 bits per heavy atom. The van der Waals surface area contributed by atoms with Gasteiger partial charge >= 0.3 is 0 Å². The van der Waals surface area contributed by atoms with Gasteiger partial charge in [-0.3, -0.25) is 4.79 Å². The second-order valence-electron chi connectivity index (χ2n) is 5.20. The third-order valence-corrected chi connectivity index (χ3v) is 4.36. The standard InChI is InChI=1S/C17H17N3O3S/c1-10-6-7-13(23-10)9-19-17(21)16-14(18)15(20-24-16)11-4-3-5-12(8-11)22-2/h3-8H,9,18H2,1-2H3,(H,19,21). The molecule has 1 amide bonds. The highest BCUT2D eigenvalue weighted by molar-refractivity contribution is 7.09. The van der Waals surface area contributed by atoms with Crippen LogP contribution in [-0.4, -0.2) is 17.4 Å². The van der Waals surface area contributed by atoms with Crippen molar-refractivity contribution in [1.29, 1.82) is 0 Å². The Morgan fingerprint density at radius 3 is 2.92 bits per heavy atom. The average molecular weight is 343 g/mol. The van der Waals surface area contributed by atoms with Crippen molar-refractivity contribution in [1.82, 2.24) is 9.69 Å². The van der Waals surface area contributed by atoms with Gasteiger partial charge in [-0.25, -0.2) is 0 Å². The van der Waals surface area contributed by atoms with E-state index < -0.39 is 0 Å². The van der Waals surface area contributed by atoms with Crippen molar-refractivity contribution in [2.45, 2.75) is 13.5 Å². The van der Waals surface area contributed by atoms with E-state index in [-0.39, 0.29) is 5.91 Å². The number of hydrogen-bond donors (Lipinski definition) is 2. The molecular weight excluding hydrogens is 326 g/mol. The summed E-state index contributed by atoms with van der Waals surface area (Å²) in [5.74, 6) is 1.93. The van der Waals surface area contributed by atoms with E-state index in [1.807, 2.05) is 43.3 Å². The molecule has 1 aromatic carbocycles. The van der Waals surface area contributed by atoms with E-state index in [0.717, 1.165) is 22.9 Å². The van der Waals surface area contributed by atoms with Crippen LogP contribution in [0.5, 0.6) is 5.75 Å². The molecule has 0 aliphatic carbocycles. The summed E-state index contributed by atoms with van der Waals surface area (Å²) in [6.45, 7) is 2.16. The third-order valence-electron chi connectivity index (χ3n) is 3.50. The van der Waals surface area contributed by atoms with Crippen LogP contribution in [0.1, 0.15) is 21.2 Å². The lowest BCUT2D eigenvalue weighted by Crippen LogP contribution is -2.22. The summed E-state index contributed by atoms with van der Waals surface area (Å²) in [7, 11) is 1.60. The molecule has 0 unspecified atom stereocenters. The van der Waals surface area contributed by atoms with Crippen molar-refractivity contribution in [2.24, 2.45) is 0 Å². The van der Waals surface area contributed by atoms with Crippen molar-refractivity contribution >= 4 is 23.1 Å². The van der Waals surface area contributed by atoms with Crippen molar-refractivity contribution in [3.63, 3.8) is 0 Å². The number of aromatic nitrogens is 1. The van der Waals surface area contributed by atoms with Gasteiger partial charge in [0.15, 0.2) is 0 Å². The van der Waals surface area contributed by atoms with Crippen LogP contribution in [0.4, 0.5) is 5.69 Å². The predicted molar refractivity (Wildman–Crippen MR) is 93.1 cm³/mol. The number of rotatable bonds is 5. The molecule has 0 saturated heterocycles. The lowest BCUT2D eigenvalue weighted by molar-refractivity contribution is 0.0952. The normalized spacial score (nSPS) is 10.6. The number of hydrogen-bond acceptors (Lipinski definition) is 6. The van der Waals surface area contributed by atoms with Gasteiger partial charge in [-0.05, 0) is 42.7 Å². The van der Waals surface area contributed by atoms with Gasteiger partial charge < -0.3 is 20.2 Å². The highest BCUT2D eigenvalue weighted by atomic mass is 32.1. The van der Waals surface area contributed by atoms with Crippen LogP contribution in [-0.2, 0) is 6.54 Å². The smallest absolute Gasteiger partial charge is 0.265 e. The van der Waals surface area contributed by atoms with E-state index in [0.29, 0.717) is 34.3 Å². The number of nitrogens with one attached hydrogen (secondary N) is 1. The summed E-state index contributed by atoms with van der Waals surface area (Å²) >= 11 is 1.07. The average Bonchev–Trinajstić information content (AvgIpc) is 3.18. The van der Waals surface area contributed by atoms with Crippen molar-refractivity contribution in [2.75, 3.05) is 12.8 Å². The highest BCUT2D eigenvalue weighted by Gasteiger charge is 2.19. The predicted octanol–water partition coefficient (Wildman–Crippen LogP) is 3.23. The molecule has 0 aliphatic rings. The highest BCUT2D eigenvalue weighted by Crippen LogP contribution is 2.32. The maximum absolute atomic E-state index is 12.3. The van der Waals surface area contributed by atoms with Gasteiger partial charge in [0.2, 0.25) is 0 Å². The maximum Gasteiger partial charge on any atom is 0.265 e. The van der Waals surface area contributed by atoms with Gasteiger partial charge in [-0.1, -0.05) is 12.1 Å². The van der Waals surface area contributed by atoms with E-state index in [1.165, 1.54) is 0 Å². The number of benzene rings is 1. The quantitative estimate of drug-likeness (QED) is 0.742. The van der Waals surface area contributed by atoms with E-state index in [9.17, 15) is 4.79 Å². The molecule has 0 aliphatic heterocycles. The first-order valence-electron chi connectivity index (χ1n) is 7.31. The number of amides is 1. The number of aryl methyl sites for hydroxylation is 1. The topological polar surface area (TPSA) is 90.4 Å². The molecule has 0 fully saturated rings. The minimum atomic E-state index is -0.270. The minimum absolute atomic E-state index is 0.270. The molecule has 2 aromatic heterocycles. The Hall–Kier alpha value is -2.80. The van der Waals surface area contributed by atoms with Crippen molar-refractivity contribution in [3.05, 3.63) is 52.8 Å². The summed E-state index contributed by atoms with van der Waals surface area (Å²) in [5, 5.41) is 2.79. The molecule has 3 aromatic rings. The molecule has 7 heteroatoms. The first kappa shape index (κ1) is 16.1. The lowest BCUT2D eigenvalue weighted by atomic mass is 10.1. The summed E-state index contributed by atoms with van der Waals surface area (Å²) in [4.78, 5) is 12.7. The number of methoxy groups -OCH3 is 1. The number of nitrogens with two attached hydrogens (primary N) is 1. The van der Waals surface area contributed by atoms with Gasteiger partial charge in [-0.15, -0.1) is 0 Å². The number of nitrogen functional groups attached to an aromatic ring is 1. The Kier molecular flexibility index (Phi) is 4.52. The maximum atomic E-state index is 12.3. The summed E-state index contributed by atoms with van der Waals surface area (Å²) < 4.78 is 15.0. The number of anilines is 1. The first-order chi connectivity index (χ1) is 11.6. The van der Waals surface area contributed by atoms with E-state index >= 15 is 0 Å². The molecule has 0 radical (unpaired) electrons. The van der Waals surface area contributed by atoms with E-state index in [1.54, 1.807) is 7.11 Å². The minimum Gasteiger partial charge on any atom is -0.497 e. The Morgan fingerprint density at radius 1 is 1.38 bits per heavy atom. The molecule has 6 nitrogen and oxygen atoms in total. The zero-order valence-electron chi connectivity index (χ0n) is 13.3. The second kappa shape index (κ2) is 6.76. The lowest BCUT2D eigenvalue weighted by Gasteiger charge is -2.04. The van der Waals surface area contributed by atoms with Gasteiger partial charge in [0.1, 0.15) is 27.8 Å². The molecule has 124 valence electrons. The van der Waals surface area contributed by atoms with Crippen LogP contribution in [0.25, 0.3) is 11.3 Å². The molecular formula is C17H17N3O3S. The van der Waals surface area contributed by atoms with Crippen LogP contribution in [0.3, 0.4) is 0 Å². The zero-order valence-corrected chi connectivity index (χ0v) is 14.1. The van der Waals surface area contributed by atoms with E-state index in [2.05, 4.69) is 9.69 Å². The van der Waals surface area contributed by atoms with Crippen molar-refractivity contribution < 1.29 is 13.9 Å². The number of carbonyl (C=O) groups excluding carboxylic acids is 1. The van der Waals surface area contributed by atoms with Gasteiger partial charge in [-0.2, -0.15) is 4.37 Å². The molecule has 2 heterocycles. The molecule has 0 atom stereocenters. The summed E-state index contributed by atoms with van der Waals surface area (Å²) in [5.41, 5.74) is 7.88. The third kappa shape index (κ3) is 3.26. The monoisotopic (exact) mass is 343 g/mol. The molecule has 0 spiro atoms. The molecule has 3 N–H and O–H groups in total. The Labute approximate surface area is 143 Å². The Bertz CT molecular complexity index is 870. The molecule has 0 saturated carbocycles. The molecule has 3 rings (SSSR count). The fourth-order valence-corrected chi connectivity index (χ4v) is 3.00. The number of ether oxygens (including phenoxy) is 1. The molecule has 0 bridgehead atoms. The SMILES string of the molecule is COc1cccc(-c2nsc(C(=O)NCc3ccc(C)o3)c2N)c1. The van der Waals surface area contributed by atoms with Crippen molar-refractivity contribution in [3.8, 4) is 17.0 Å². The van der Waals surface area contributed by atoms with Crippen LogP contribution in [0, 0.1) is 6.92 Å². The first-order valence-corrected chi connectivity index (χ1v) is 8.09. The van der Waals surface area contributed by atoms with Gasteiger partial charge in [0.25, 0.3) is 5.91 Å². The summed E-state index contributed by atoms with van der Waals surface area (Å²) in [6, 6.07) is 11.1. The largest absolute Gasteiger partial charge is 0.497 e. The molecule has 24 heavy (non-hydrogen) atoms. The van der Waals surface area contributed by atoms with Crippen LogP contribution in [0.15, 0.2) is 40.8 Å². The van der Waals surface area contributed by atoms with Crippen LogP contribution < -0.4 is 15.8 Å². The van der Waals surface area contributed by atoms with Crippen LogP contribution in [0.2, 0.25) is 0 Å². The fraction of sp³-hybridized carbons (Fsp3) is 0.176. The number of carbonyl (C=O) groups is 1. The van der Waals surface area contributed by atoms with Gasteiger partial charge in [0, 0.05) is 5.56 Å². The van der Waals surface area contributed by atoms with Crippen LogP contribution >= 0.6 is 11.5 Å². The zero-order chi connectivity index (χ0) is 17.1. The number of furan rings is 1. The summed E-state index contributed by atoms with van der Waals surface area (Å²) in [6.07, 6.45) is 0. The Balaban J connectivity index is 1.77.